The molecule has 0 bridgehead atoms. The van der Waals surface area contributed by atoms with E-state index in [2.05, 4.69) is 13.8 Å². The molecule has 5 heteroatoms. The molecule has 0 aliphatic carbocycles. The molecule has 0 aliphatic rings. The van der Waals surface area contributed by atoms with E-state index in [-0.39, 0.29) is 17.7 Å². The summed E-state index contributed by atoms with van der Waals surface area (Å²) in [6, 6.07) is 2.97. The summed E-state index contributed by atoms with van der Waals surface area (Å²) in [6.45, 7) is 6.09. The Kier molecular flexibility index (Phi) is 6.69. The largest absolute Gasteiger partial charge is 0.478 e. The minimum Gasteiger partial charge on any atom is -0.478 e. The van der Waals surface area contributed by atoms with Crippen molar-refractivity contribution in [2.24, 2.45) is 5.92 Å². The predicted molar refractivity (Wildman–Crippen MR) is 82.1 cm³/mol. The van der Waals surface area contributed by atoms with Gasteiger partial charge >= 0.3 is 11.9 Å². The van der Waals surface area contributed by atoms with Crippen molar-refractivity contribution in [3.05, 3.63) is 33.8 Å². The fourth-order valence-corrected chi connectivity index (χ4v) is 2.43. The normalized spacial score (nSPS) is 10.7. The smallest absolute Gasteiger partial charge is 0.339 e. The minimum atomic E-state index is -1.15. The number of ether oxygens (including phenoxy) is 1. The summed E-state index contributed by atoms with van der Waals surface area (Å²) < 4.78 is 4.91. The Hall–Kier alpha value is -1.55. The zero-order chi connectivity index (χ0) is 16.0. The van der Waals surface area contributed by atoms with Crippen molar-refractivity contribution in [3.8, 4) is 0 Å². The van der Waals surface area contributed by atoms with Crippen LogP contribution in [0.2, 0.25) is 5.02 Å². The highest BCUT2D eigenvalue weighted by molar-refractivity contribution is 6.32. The summed E-state index contributed by atoms with van der Waals surface area (Å²) >= 11 is 6.13. The molecule has 116 valence electrons. The summed E-state index contributed by atoms with van der Waals surface area (Å²) in [5.41, 5.74) is 0.536. The summed E-state index contributed by atoms with van der Waals surface area (Å²) in [5.74, 6) is -1.25. The number of hydrogen-bond acceptors (Lipinski definition) is 3. The number of carboxylic acid groups (broad SMARTS) is 1. The molecule has 0 saturated carbocycles. The second-order valence-electron chi connectivity index (χ2n) is 5.26. The van der Waals surface area contributed by atoms with Crippen LogP contribution in [0, 0.1) is 5.92 Å². The number of carbonyl (C=O) groups is 2. The Balaban J connectivity index is 3.17. The fourth-order valence-electron chi connectivity index (χ4n) is 2.18. The zero-order valence-corrected chi connectivity index (χ0v) is 13.4. The van der Waals surface area contributed by atoms with Crippen molar-refractivity contribution in [1.29, 1.82) is 0 Å². The number of esters is 1. The molecular formula is C16H21ClO4. The highest BCUT2D eigenvalue weighted by atomic mass is 35.5. The minimum absolute atomic E-state index is 0.0373. The number of hydrogen-bond donors (Lipinski definition) is 1. The van der Waals surface area contributed by atoms with Crippen LogP contribution >= 0.6 is 11.6 Å². The number of halogens is 1. The molecule has 0 atom stereocenters. The first-order valence-corrected chi connectivity index (χ1v) is 7.48. The van der Waals surface area contributed by atoms with Gasteiger partial charge in [-0.05, 0) is 43.4 Å². The van der Waals surface area contributed by atoms with Gasteiger partial charge in [-0.25, -0.2) is 9.59 Å². The molecule has 0 radical (unpaired) electrons. The van der Waals surface area contributed by atoms with E-state index in [1.165, 1.54) is 6.07 Å². The predicted octanol–water partition coefficient (Wildman–Crippen LogP) is 4.19. The lowest BCUT2D eigenvalue weighted by Crippen LogP contribution is -2.15. The molecule has 0 aliphatic heterocycles. The van der Waals surface area contributed by atoms with E-state index in [9.17, 15) is 14.7 Å². The van der Waals surface area contributed by atoms with Crippen LogP contribution in [-0.4, -0.2) is 23.7 Å². The molecule has 4 nitrogen and oxygen atoms in total. The van der Waals surface area contributed by atoms with Gasteiger partial charge in [0.15, 0.2) is 0 Å². The highest BCUT2D eigenvalue weighted by Crippen LogP contribution is 2.27. The van der Waals surface area contributed by atoms with Gasteiger partial charge in [-0.2, -0.15) is 0 Å². The van der Waals surface area contributed by atoms with Crippen LogP contribution in [0.3, 0.4) is 0 Å². The van der Waals surface area contributed by atoms with Crippen LogP contribution in [0.25, 0.3) is 0 Å². The molecule has 0 saturated heterocycles. The Bertz CT molecular complexity index is 523. The topological polar surface area (TPSA) is 63.6 Å². The van der Waals surface area contributed by atoms with E-state index in [1.54, 1.807) is 13.0 Å². The first-order valence-electron chi connectivity index (χ1n) is 7.10. The van der Waals surface area contributed by atoms with Crippen molar-refractivity contribution >= 4 is 23.5 Å². The first-order chi connectivity index (χ1) is 9.88. The summed E-state index contributed by atoms with van der Waals surface area (Å²) in [7, 11) is 0. The SMILES string of the molecule is CCOC(=O)c1ccc(Cl)c(CCCC(C)C)c1C(=O)O. The van der Waals surface area contributed by atoms with Crippen LogP contribution in [0.4, 0.5) is 0 Å². The van der Waals surface area contributed by atoms with E-state index in [0.29, 0.717) is 22.9 Å². The molecule has 0 fully saturated rings. The standard InChI is InChI=1S/C16H21ClO4/c1-4-21-16(20)12-8-9-13(17)11(14(12)15(18)19)7-5-6-10(2)3/h8-10H,4-7H2,1-3H3,(H,18,19). The van der Waals surface area contributed by atoms with Crippen LogP contribution < -0.4 is 0 Å². The quantitative estimate of drug-likeness (QED) is 0.767. The van der Waals surface area contributed by atoms with E-state index >= 15 is 0 Å². The van der Waals surface area contributed by atoms with Crippen molar-refractivity contribution in [2.75, 3.05) is 6.61 Å². The second-order valence-corrected chi connectivity index (χ2v) is 5.67. The van der Waals surface area contributed by atoms with E-state index < -0.39 is 11.9 Å². The number of rotatable bonds is 7. The molecular weight excluding hydrogens is 292 g/mol. The summed E-state index contributed by atoms with van der Waals surface area (Å²) in [6.07, 6.45) is 2.33. The van der Waals surface area contributed by atoms with Crippen molar-refractivity contribution in [1.82, 2.24) is 0 Å². The molecule has 0 unspecified atom stereocenters. The van der Waals surface area contributed by atoms with Gasteiger partial charge in [0, 0.05) is 5.02 Å². The number of carboxylic acids is 1. The maximum atomic E-state index is 11.9. The molecule has 21 heavy (non-hydrogen) atoms. The Morgan fingerprint density at radius 1 is 1.33 bits per heavy atom. The van der Waals surface area contributed by atoms with Gasteiger partial charge in [0.05, 0.1) is 17.7 Å². The molecule has 1 rings (SSSR count). The molecule has 0 spiro atoms. The fraction of sp³-hybridized carbons (Fsp3) is 0.500. The second kappa shape index (κ2) is 8.03. The lowest BCUT2D eigenvalue weighted by molar-refractivity contribution is 0.0514. The van der Waals surface area contributed by atoms with Crippen molar-refractivity contribution in [3.63, 3.8) is 0 Å². The Morgan fingerprint density at radius 3 is 2.52 bits per heavy atom. The van der Waals surface area contributed by atoms with Gasteiger partial charge in [-0.1, -0.05) is 31.9 Å². The number of carbonyl (C=O) groups excluding carboxylic acids is 1. The third-order valence-corrected chi connectivity index (χ3v) is 3.53. The molecule has 0 amide bonds. The van der Waals surface area contributed by atoms with Crippen molar-refractivity contribution in [2.45, 2.75) is 40.0 Å². The monoisotopic (exact) mass is 312 g/mol. The Morgan fingerprint density at radius 2 is 2.00 bits per heavy atom. The number of aromatic carboxylic acids is 1. The van der Waals surface area contributed by atoms with Crippen LogP contribution in [0.15, 0.2) is 12.1 Å². The lowest BCUT2D eigenvalue weighted by atomic mass is 9.95. The van der Waals surface area contributed by atoms with Gasteiger partial charge in [-0.3, -0.25) is 0 Å². The Labute approximate surface area is 130 Å². The summed E-state index contributed by atoms with van der Waals surface area (Å²) in [4.78, 5) is 23.4. The molecule has 0 aromatic heterocycles. The zero-order valence-electron chi connectivity index (χ0n) is 12.6. The van der Waals surface area contributed by atoms with Gasteiger partial charge in [0.1, 0.15) is 0 Å². The van der Waals surface area contributed by atoms with E-state index in [1.807, 2.05) is 0 Å². The maximum absolute atomic E-state index is 11.9. The third kappa shape index (κ3) is 4.74. The van der Waals surface area contributed by atoms with Crippen molar-refractivity contribution < 1.29 is 19.4 Å². The maximum Gasteiger partial charge on any atom is 0.339 e. The van der Waals surface area contributed by atoms with Gasteiger partial charge in [0.25, 0.3) is 0 Å². The molecule has 1 aromatic carbocycles. The third-order valence-electron chi connectivity index (χ3n) is 3.17. The van der Waals surface area contributed by atoms with Gasteiger partial charge in [0.2, 0.25) is 0 Å². The van der Waals surface area contributed by atoms with Gasteiger partial charge < -0.3 is 9.84 Å². The number of benzene rings is 1. The molecule has 0 heterocycles. The van der Waals surface area contributed by atoms with Crippen LogP contribution in [-0.2, 0) is 11.2 Å². The lowest BCUT2D eigenvalue weighted by Gasteiger charge is -2.13. The van der Waals surface area contributed by atoms with Crippen LogP contribution in [0.5, 0.6) is 0 Å². The van der Waals surface area contributed by atoms with E-state index in [4.69, 9.17) is 16.3 Å². The van der Waals surface area contributed by atoms with Gasteiger partial charge in [-0.15, -0.1) is 0 Å². The van der Waals surface area contributed by atoms with Crippen LogP contribution in [0.1, 0.15) is 59.9 Å². The molecule has 1 aromatic rings. The first kappa shape index (κ1) is 17.5. The highest BCUT2D eigenvalue weighted by Gasteiger charge is 2.23. The molecule has 1 N–H and O–H groups in total. The average molecular weight is 313 g/mol. The van der Waals surface area contributed by atoms with E-state index in [0.717, 1.165) is 12.8 Å². The average Bonchev–Trinajstić information content (AvgIpc) is 2.39. The summed E-state index contributed by atoms with van der Waals surface area (Å²) in [5, 5.41) is 9.81.